The summed E-state index contributed by atoms with van der Waals surface area (Å²) in [6.45, 7) is 3.41. The molecule has 0 amide bonds. The van der Waals surface area contributed by atoms with E-state index >= 15 is 0 Å². The summed E-state index contributed by atoms with van der Waals surface area (Å²) in [7, 11) is 0. The number of benzene rings is 2. The molecular weight excluding hydrogens is 262 g/mol. The van der Waals surface area contributed by atoms with Crippen molar-refractivity contribution in [1.82, 2.24) is 0 Å². The van der Waals surface area contributed by atoms with Crippen LogP contribution in [-0.2, 0) is 9.53 Å². The molecule has 1 heterocycles. The van der Waals surface area contributed by atoms with Crippen LogP contribution in [0.5, 0.6) is 0 Å². The lowest BCUT2D eigenvalue weighted by atomic mass is 9.92. The number of carbonyl (C=O) groups excluding carboxylic acids is 1. The minimum absolute atomic E-state index is 0.190. The molecule has 3 heteroatoms. The maximum atomic E-state index is 11.5. The maximum absolute atomic E-state index is 11.5. The number of ether oxygens (including phenoxy) is 1. The minimum atomic E-state index is -0.190. The highest BCUT2D eigenvalue weighted by Gasteiger charge is 2.15. The predicted molar refractivity (Wildman–Crippen MR) is 83.8 cm³/mol. The molecule has 3 nitrogen and oxygen atoms in total. The third-order valence-electron chi connectivity index (χ3n) is 3.92. The first kappa shape index (κ1) is 13.8. The Hall–Kier alpha value is -2.13. The molecular formula is C18H19NO2. The van der Waals surface area contributed by atoms with Crippen molar-refractivity contribution in [1.29, 1.82) is 0 Å². The molecule has 3 rings (SSSR count). The van der Waals surface area contributed by atoms with Crippen molar-refractivity contribution in [2.45, 2.75) is 5.92 Å². The molecule has 0 bridgehead atoms. The first-order valence-electron chi connectivity index (χ1n) is 7.31. The van der Waals surface area contributed by atoms with Gasteiger partial charge in [-0.05, 0) is 23.3 Å². The van der Waals surface area contributed by atoms with Gasteiger partial charge in [-0.25, -0.2) is 0 Å². The van der Waals surface area contributed by atoms with Crippen LogP contribution >= 0.6 is 0 Å². The minimum Gasteiger partial charge on any atom is -0.378 e. The highest BCUT2D eigenvalue weighted by molar-refractivity contribution is 5.69. The van der Waals surface area contributed by atoms with E-state index in [4.69, 9.17) is 4.74 Å². The van der Waals surface area contributed by atoms with Crippen molar-refractivity contribution in [3.63, 3.8) is 0 Å². The van der Waals surface area contributed by atoms with Gasteiger partial charge in [0.15, 0.2) is 0 Å². The molecule has 1 unspecified atom stereocenters. The van der Waals surface area contributed by atoms with Gasteiger partial charge in [0.1, 0.15) is 6.29 Å². The molecule has 108 valence electrons. The number of carbonyl (C=O) groups is 1. The highest BCUT2D eigenvalue weighted by atomic mass is 16.5. The summed E-state index contributed by atoms with van der Waals surface area (Å²) >= 11 is 0. The molecule has 1 fully saturated rings. The smallest absolute Gasteiger partial charge is 0.131 e. The number of morpholine rings is 1. The van der Waals surface area contributed by atoms with E-state index in [0.717, 1.165) is 43.7 Å². The Morgan fingerprint density at radius 1 is 0.905 bits per heavy atom. The van der Waals surface area contributed by atoms with E-state index < -0.39 is 0 Å². The van der Waals surface area contributed by atoms with Crippen LogP contribution in [0.25, 0.3) is 0 Å². The summed E-state index contributed by atoms with van der Waals surface area (Å²) in [4.78, 5) is 13.8. The van der Waals surface area contributed by atoms with E-state index in [0.29, 0.717) is 0 Å². The Bertz CT molecular complexity index is 574. The van der Waals surface area contributed by atoms with Crippen molar-refractivity contribution in [2.24, 2.45) is 0 Å². The number of nitrogens with zero attached hydrogens (tertiary/aromatic N) is 1. The quantitative estimate of drug-likeness (QED) is 0.807. The van der Waals surface area contributed by atoms with Gasteiger partial charge >= 0.3 is 0 Å². The van der Waals surface area contributed by atoms with Crippen LogP contribution in [0.2, 0.25) is 0 Å². The molecule has 1 atom stereocenters. The average Bonchev–Trinajstić information content (AvgIpc) is 2.58. The van der Waals surface area contributed by atoms with Crippen LogP contribution < -0.4 is 4.90 Å². The molecule has 1 aliphatic heterocycles. The summed E-state index contributed by atoms with van der Waals surface area (Å²) in [6, 6.07) is 18.2. The highest BCUT2D eigenvalue weighted by Crippen LogP contribution is 2.25. The third kappa shape index (κ3) is 3.14. The zero-order valence-corrected chi connectivity index (χ0v) is 11.9. The summed E-state index contributed by atoms with van der Waals surface area (Å²) < 4.78 is 5.37. The van der Waals surface area contributed by atoms with Gasteiger partial charge in [-0.15, -0.1) is 0 Å². The second kappa shape index (κ2) is 6.55. The first-order valence-corrected chi connectivity index (χ1v) is 7.31. The first-order chi connectivity index (χ1) is 10.4. The number of anilines is 1. The molecule has 2 aromatic carbocycles. The predicted octanol–water partition coefficient (Wildman–Crippen LogP) is 2.85. The van der Waals surface area contributed by atoms with E-state index in [1.165, 1.54) is 5.69 Å². The molecule has 0 aliphatic carbocycles. The molecule has 0 spiro atoms. The van der Waals surface area contributed by atoms with Crippen molar-refractivity contribution in [3.8, 4) is 0 Å². The Morgan fingerprint density at radius 2 is 1.52 bits per heavy atom. The van der Waals surface area contributed by atoms with Crippen molar-refractivity contribution >= 4 is 12.0 Å². The topological polar surface area (TPSA) is 29.5 Å². The summed E-state index contributed by atoms with van der Waals surface area (Å²) in [5, 5.41) is 0. The standard InChI is InChI=1S/C18H19NO2/c20-14-18(15-4-2-1-3-5-15)16-6-8-17(9-7-16)19-10-12-21-13-11-19/h1-9,14,18H,10-13H2. The van der Waals surface area contributed by atoms with Gasteiger partial charge in [-0.3, -0.25) is 0 Å². The van der Waals surface area contributed by atoms with E-state index in [1.807, 2.05) is 30.3 Å². The Labute approximate surface area is 125 Å². The van der Waals surface area contributed by atoms with E-state index in [9.17, 15) is 4.79 Å². The van der Waals surface area contributed by atoms with E-state index in [1.54, 1.807) is 0 Å². The number of aldehydes is 1. The van der Waals surface area contributed by atoms with Gasteiger partial charge in [-0.1, -0.05) is 42.5 Å². The number of hydrogen-bond donors (Lipinski definition) is 0. The summed E-state index contributed by atoms with van der Waals surface area (Å²) in [5.41, 5.74) is 3.26. The maximum Gasteiger partial charge on any atom is 0.131 e. The Kier molecular flexibility index (Phi) is 4.31. The van der Waals surface area contributed by atoms with Crippen molar-refractivity contribution in [3.05, 3.63) is 65.7 Å². The molecule has 2 aromatic rings. The Balaban J connectivity index is 1.80. The molecule has 0 radical (unpaired) electrons. The van der Waals surface area contributed by atoms with Crippen molar-refractivity contribution in [2.75, 3.05) is 31.2 Å². The molecule has 0 N–H and O–H groups in total. The second-order valence-electron chi connectivity index (χ2n) is 5.22. The zero-order chi connectivity index (χ0) is 14.5. The summed E-state index contributed by atoms with van der Waals surface area (Å²) in [5.74, 6) is -0.190. The Morgan fingerprint density at radius 3 is 2.14 bits per heavy atom. The van der Waals surface area contributed by atoms with Crippen molar-refractivity contribution < 1.29 is 9.53 Å². The van der Waals surface area contributed by atoms with Gasteiger partial charge in [0.2, 0.25) is 0 Å². The third-order valence-corrected chi connectivity index (χ3v) is 3.92. The fourth-order valence-electron chi connectivity index (χ4n) is 2.72. The fraction of sp³-hybridized carbons (Fsp3) is 0.278. The lowest BCUT2D eigenvalue weighted by molar-refractivity contribution is -0.108. The average molecular weight is 281 g/mol. The van der Waals surface area contributed by atoms with Gasteiger partial charge in [0.25, 0.3) is 0 Å². The van der Waals surface area contributed by atoms with Crippen LogP contribution in [-0.4, -0.2) is 32.6 Å². The van der Waals surface area contributed by atoms with Crippen LogP contribution in [0.15, 0.2) is 54.6 Å². The zero-order valence-electron chi connectivity index (χ0n) is 11.9. The van der Waals surface area contributed by atoms with Crippen LogP contribution in [0, 0.1) is 0 Å². The van der Waals surface area contributed by atoms with E-state index in [2.05, 4.69) is 29.2 Å². The van der Waals surface area contributed by atoms with E-state index in [-0.39, 0.29) is 5.92 Å². The van der Waals surface area contributed by atoms with Gasteiger partial charge in [0, 0.05) is 18.8 Å². The fourth-order valence-corrected chi connectivity index (χ4v) is 2.72. The second-order valence-corrected chi connectivity index (χ2v) is 5.22. The van der Waals surface area contributed by atoms with Crippen LogP contribution in [0.3, 0.4) is 0 Å². The molecule has 0 aromatic heterocycles. The molecule has 0 saturated carbocycles. The van der Waals surface area contributed by atoms with Gasteiger partial charge in [0.05, 0.1) is 19.1 Å². The normalized spacial score (nSPS) is 16.5. The van der Waals surface area contributed by atoms with Gasteiger partial charge in [-0.2, -0.15) is 0 Å². The van der Waals surface area contributed by atoms with Crippen LogP contribution in [0.4, 0.5) is 5.69 Å². The molecule has 1 saturated heterocycles. The number of rotatable bonds is 4. The molecule has 21 heavy (non-hydrogen) atoms. The van der Waals surface area contributed by atoms with Crippen LogP contribution in [0.1, 0.15) is 17.0 Å². The monoisotopic (exact) mass is 281 g/mol. The summed E-state index contributed by atoms with van der Waals surface area (Å²) in [6.07, 6.45) is 1.01. The lowest BCUT2D eigenvalue weighted by Gasteiger charge is -2.29. The SMILES string of the molecule is O=CC(c1ccccc1)c1ccc(N2CCOCC2)cc1. The largest absolute Gasteiger partial charge is 0.378 e. The van der Waals surface area contributed by atoms with Gasteiger partial charge < -0.3 is 14.4 Å². The number of hydrogen-bond acceptors (Lipinski definition) is 3. The molecule has 1 aliphatic rings. The lowest BCUT2D eigenvalue weighted by Crippen LogP contribution is -2.36.